The smallest absolute Gasteiger partial charge is 0.324 e. The molecule has 0 unspecified atom stereocenters. The molecule has 1 fully saturated rings. The predicted octanol–water partition coefficient (Wildman–Crippen LogP) is 3.77. The second kappa shape index (κ2) is 6.05. The number of hydrogen-bond acceptors (Lipinski definition) is 3. The summed E-state index contributed by atoms with van der Waals surface area (Å²) in [7, 11) is 0. The number of imidazole rings is 1. The summed E-state index contributed by atoms with van der Waals surface area (Å²) >= 11 is 0. The predicted molar refractivity (Wildman–Crippen MR) is 96.6 cm³/mol. The van der Waals surface area contributed by atoms with Crippen molar-refractivity contribution in [3.63, 3.8) is 0 Å². The van der Waals surface area contributed by atoms with Crippen molar-refractivity contribution in [3.05, 3.63) is 72.4 Å². The van der Waals surface area contributed by atoms with Crippen LogP contribution in [-0.2, 0) is 5.54 Å². The Labute approximate surface area is 145 Å². The molecule has 0 spiro atoms. The quantitative estimate of drug-likeness (QED) is 0.763. The SMILES string of the molecule is Cc1nccn1C1(c2ccc(NC(=O)Nc3ccccn3)cc2)CC1. The van der Waals surface area contributed by atoms with Gasteiger partial charge in [-0.25, -0.2) is 14.8 Å². The fourth-order valence-corrected chi connectivity index (χ4v) is 3.20. The lowest BCUT2D eigenvalue weighted by Crippen LogP contribution is -2.21. The van der Waals surface area contributed by atoms with Crippen LogP contribution in [0.1, 0.15) is 24.2 Å². The molecular formula is C19H19N5O. The van der Waals surface area contributed by atoms with Gasteiger partial charge in [-0.2, -0.15) is 0 Å². The molecule has 1 aliphatic carbocycles. The van der Waals surface area contributed by atoms with Crippen molar-refractivity contribution in [3.8, 4) is 0 Å². The van der Waals surface area contributed by atoms with E-state index in [9.17, 15) is 4.79 Å². The molecule has 1 aliphatic rings. The second-order valence-corrected chi connectivity index (χ2v) is 6.25. The molecule has 1 saturated carbocycles. The molecule has 4 rings (SSSR count). The number of nitrogens with one attached hydrogen (secondary N) is 2. The third-order valence-corrected chi connectivity index (χ3v) is 4.60. The molecule has 2 heterocycles. The van der Waals surface area contributed by atoms with Gasteiger partial charge in [0.1, 0.15) is 11.6 Å². The molecule has 6 heteroatoms. The minimum absolute atomic E-state index is 0.0231. The standard InChI is InChI=1S/C19H19N5O/c1-14-20-12-13-24(14)19(9-10-19)15-5-7-16(8-6-15)22-18(25)23-17-4-2-3-11-21-17/h2-8,11-13H,9-10H2,1H3,(H2,21,22,23,25). The second-order valence-electron chi connectivity index (χ2n) is 6.25. The number of carbonyl (C=O) groups excluding carboxylic acids is 1. The van der Waals surface area contributed by atoms with Gasteiger partial charge in [-0.05, 0) is 49.6 Å². The Morgan fingerprint density at radius 2 is 1.84 bits per heavy atom. The molecule has 0 aliphatic heterocycles. The van der Waals surface area contributed by atoms with Crippen LogP contribution >= 0.6 is 0 Å². The first kappa shape index (κ1) is 15.4. The van der Waals surface area contributed by atoms with Crippen LogP contribution < -0.4 is 10.6 Å². The molecule has 2 N–H and O–H groups in total. The first-order chi connectivity index (χ1) is 12.2. The Hall–Kier alpha value is -3.15. The first-order valence-electron chi connectivity index (χ1n) is 8.27. The fourth-order valence-electron chi connectivity index (χ4n) is 3.20. The molecule has 2 amide bonds. The summed E-state index contributed by atoms with van der Waals surface area (Å²) in [5, 5.41) is 5.53. The Balaban J connectivity index is 1.46. The summed E-state index contributed by atoms with van der Waals surface area (Å²) in [6.07, 6.45) is 7.73. The van der Waals surface area contributed by atoms with Crippen LogP contribution in [-0.4, -0.2) is 20.6 Å². The topological polar surface area (TPSA) is 71.8 Å². The van der Waals surface area contributed by atoms with E-state index >= 15 is 0 Å². The summed E-state index contributed by atoms with van der Waals surface area (Å²) in [4.78, 5) is 20.4. The Morgan fingerprint density at radius 1 is 1.04 bits per heavy atom. The van der Waals surface area contributed by atoms with E-state index < -0.39 is 0 Å². The zero-order chi connectivity index (χ0) is 17.3. The van der Waals surface area contributed by atoms with E-state index in [0.29, 0.717) is 5.82 Å². The maximum Gasteiger partial charge on any atom is 0.324 e. The molecule has 2 aromatic heterocycles. The number of aromatic nitrogens is 3. The van der Waals surface area contributed by atoms with Gasteiger partial charge >= 0.3 is 6.03 Å². The summed E-state index contributed by atoms with van der Waals surface area (Å²) in [6, 6.07) is 13.1. The van der Waals surface area contributed by atoms with Gasteiger partial charge in [0.25, 0.3) is 0 Å². The average Bonchev–Trinajstić information content (AvgIpc) is 3.31. The first-order valence-corrected chi connectivity index (χ1v) is 8.27. The van der Waals surface area contributed by atoms with E-state index in [0.717, 1.165) is 24.4 Å². The van der Waals surface area contributed by atoms with Gasteiger partial charge in [-0.1, -0.05) is 18.2 Å². The van der Waals surface area contributed by atoms with Gasteiger partial charge < -0.3 is 9.88 Å². The third kappa shape index (κ3) is 2.98. The lowest BCUT2D eigenvalue weighted by atomic mass is 10.0. The van der Waals surface area contributed by atoms with Gasteiger partial charge in [0, 0.05) is 24.3 Å². The Morgan fingerprint density at radius 3 is 2.44 bits per heavy atom. The molecule has 0 radical (unpaired) electrons. The number of pyridine rings is 1. The van der Waals surface area contributed by atoms with Crippen LogP contribution in [0.5, 0.6) is 0 Å². The summed E-state index contributed by atoms with van der Waals surface area (Å²) in [5.74, 6) is 1.54. The highest BCUT2D eigenvalue weighted by atomic mass is 16.2. The van der Waals surface area contributed by atoms with Crippen molar-refractivity contribution >= 4 is 17.5 Å². The van der Waals surface area contributed by atoms with Crippen LogP contribution in [0.3, 0.4) is 0 Å². The lowest BCUT2D eigenvalue weighted by molar-refractivity contribution is 0.262. The Bertz CT molecular complexity index is 882. The van der Waals surface area contributed by atoms with E-state index in [1.54, 1.807) is 18.3 Å². The van der Waals surface area contributed by atoms with Crippen molar-refractivity contribution < 1.29 is 4.79 Å². The van der Waals surface area contributed by atoms with Crippen LogP contribution in [0.15, 0.2) is 61.1 Å². The van der Waals surface area contributed by atoms with Crippen molar-refractivity contribution in [1.82, 2.24) is 14.5 Å². The number of carbonyl (C=O) groups is 1. The number of benzene rings is 1. The number of urea groups is 1. The van der Waals surface area contributed by atoms with Crippen LogP contribution in [0.2, 0.25) is 0 Å². The molecule has 0 bridgehead atoms. The summed E-state index contributed by atoms with van der Waals surface area (Å²) < 4.78 is 2.24. The highest BCUT2D eigenvalue weighted by Crippen LogP contribution is 2.49. The number of amides is 2. The summed E-state index contributed by atoms with van der Waals surface area (Å²) in [6.45, 7) is 2.03. The molecule has 25 heavy (non-hydrogen) atoms. The fraction of sp³-hybridized carbons (Fsp3) is 0.211. The highest BCUT2D eigenvalue weighted by Gasteiger charge is 2.46. The number of nitrogens with zero attached hydrogens (tertiary/aromatic N) is 3. The normalized spacial score (nSPS) is 14.8. The largest absolute Gasteiger partial charge is 0.325 e. The monoisotopic (exact) mass is 333 g/mol. The average molecular weight is 333 g/mol. The van der Waals surface area contributed by atoms with E-state index in [1.807, 2.05) is 37.5 Å². The van der Waals surface area contributed by atoms with Gasteiger partial charge in [-0.3, -0.25) is 5.32 Å². The third-order valence-electron chi connectivity index (χ3n) is 4.60. The minimum atomic E-state index is -0.307. The van der Waals surface area contributed by atoms with E-state index in [2.05, 4.69) is 37.3 Å². The van der Waals surface area contributed by atoms with Gasteiger partial charge in [0.15, 0.2) is 0 Å². The molecular weight excluding hydrogens is 314 g/mol. The van der Waals surface area contributed by atoms with Crippen molar-refractivity contribution in [2.45, 2.75) is 25.3 Å². The van der Waals surface area contributed by atoms with Gasteiger partial charge in [0.05, 0.1) is 5.54 Å². The zero-order valence-electron chi connectivity index (χ0n) is 13.9. The van der Waals surface area contributed by atoms with Gasteiger partial charge in [0.2, 0.25) is 0 Å². The number of anilines is 2. The van der Waals surface area contributed by atoms with Gasteiger partial charge in [-0.15, -0.1) is 0 Å². The van der Waals surface area contributed by atoms with Crippen LogP contribution in [0.4, 0.5) is 16.3 Å². The van der Waals surface area contributed by atoms with E-state index in [1.165, 1.54) is 5.56 Å². The van der Waals surface area contributed by atoms with Crippen molar-refractivity contribution in [2.24, 2.45) is 0 Å². The molecule has 3 aromatic rings. The van der Waals surface area contributed by atoms with E-state index in [4.69, 9.17) is 0 Å². The van der Waals surface area contributed by atoms with E-state index in [-0.39, 0.29) is 11.6 Å². The van der Waals surface area contributed by atoms with Crippen molar-refractivity contribution in [2.75, 3.05) is 10.6 Å². The number of hydrogen-bond donors (Lipinski definition) is 2. The molecule has 0 atom stereocenters. The van der Waals surface area contributed by atoms with Crippen molar-refractivity contribution in [1.29, 1.82) is 0 Å². The van der Waals surface area contributed by atoms with Crippen LogP contribution in [0.25, 0.3) is 0 Å². The Kier molecular flexibility index (Phi) is 3.72. The maximum absolute atomic E-state index is 12.0. The minimum Gasteiger partial charge on any atom is -0.325 e. The summed E-state index contributed by atoms with van der Waals surface area (Å²) in [5.41, 5.74) is 2.01. The molecule has 126 valence electrons. The molecule has 0 saturated heterocycles. The zero-order valence-corrected chi connectivity index (χ0v) is 13.9. The lowest BCUT2D eigenvalue weighted by Gasteiger charge is -2.20. The highest BCUT2D eigenvalue weighted by molar-refractivity contribution is 5.99. The molecule has 6 nitrogen and oxygen atoms in total. The number of rotatable bonds is 4. The van der Waals surface area contributed by atoms with Crippen LogP contribution in [0, 0.1) is 6.92 Å². The molecule has 1 aromatic carbocycles. The number of aryl methyl sites for hydroxylation is 1. The maximum atomic E-state index is 12.0.